The largest absolute Gasteiger partial charge is 0.497 e. The summed E-state index contributed by atoms with van der Waals surface area (Å²) in [6.45, 7) is 2.41. The quantitative estimate of drug-likeness (QED) is 0.849. The minimum absolute atomic E-state index is 0.0292. The predicted molar refractivity (Wildman–Crippen MR) is 101 cm³/mol. The van der Waals surface area contributed by atoms with Gasteiger partial charge in [-0.1, -0.05) is 12.1 Å². The topological polar surface area (TPSA) is 71.8 Å². The number of aryl methyl sites for hydroxylation is 1. The van der Waals surface area contributed by atoms with Crippen LogP contribution in [-0.2, 0) is 16.0 Å². The van der Waals surface area contributed by atoms with Crippen LogP contribution in [0.3, 0.4) is 0 Å². The van der Waals surface area contributed by atoms with Gasteiger partial charge in [-0.15, -0.1) is 0 Å². The Morgan fingerprint density at radius 3 is 2.63 bits per heavy atom. The van der Waals surface area contributed by atoms with Gasteiger partial charge in [0.25, 0.3) is 0 Å². The van der Waals surface area contributed by atoms with Gasteiger partial charge in [0.1, 0.15) is 17.3 Å². The maximum absolute atomic E-state index is 12.8. The van der Waals surface area contributed by atoms with Crippen molar-refractivity contribution in [2.45, 2.75) is 32.2 Å². The molecule has 6 nitrogen and oxygen atoms in total. The molecule has 1 N–H and O–H groups in total. The number of carbonyl (C=O) groups excluding carboxylic acids is 2. The van der Waals surface area contributed by atoms with Gasteiger partial charge in [0.05, 0.1) is 19.1 Å². The minimum atomic E-state index is -0.278. The van der Waals surface area contributed by atoms with Gasteiger partial charge in [0.15, 0.2) is 0 Å². The lowest BCUT2D eigenvalue weighted by atomic mass is 9.84. The van der Waals surface area contributed by atoms with Gasteiger partial charge in [0.2, 0.25) is 11.8 Å². The Morgan fingerprint density at radius 1 is 1.26 bits per heavy atom. The molecular weight excluding hydrogens is 344 g/mol. The van der Waals surface area contributed by atoms with Crippen molar-refractivity contribution in [1.29, 1.82) is 0 Å². The van der Waals surface area contributed by atoms with Crippen molar-refractivity contribution >= 4 is 11.8 Å². The Balaban J connectivity index is 1.69. The summed E-state index contributed by atoms with van der Waals surface area (Å²) in [5, 5.41) is 3.01. The molecule has 1 aromatic carbocycles. The lowest BCUT2D eigenvalue weighted by Crippen LogP contribution is -2.46. The summed E-state index contributed by atoms with van der Waals surface area (Å²) in [5.74, 6) is 2.22. The summed E-state index contributed by atoms with van der Waals surface area (Å²) in [7, 11) is 3.38. The number of methoxy groups -OCH3 is 1. The Labute approximate surface area is 159 Å². The van der Waals surface area contributed by atoms with E-state index >= 15 is 0 Å². The number of benzene rings is 1. The number of rotatable bonds is 6. The highest BCUT2D eigenvalue weighted by molar-refractivity contribution is 5.84. The molecule has 1 aromatic heterocycles. The lowest BCUT2D eigenvalue weighted by Gasteiger charge is -2.38. The summed E-state index contributed by atoms with van der Waals surface area (Å²) >= 11 is 0. The highest BCUT2D eigenvalue weighted by Gasteiger charge is 2.38. The first-order valence-corrected chi connectivity index (χ1v) is 9.22. The van der Waals surface area contributed by atoms with Crippen LogP contribution in [0, 0.1) is 12.8 Å². The molecule has 6 heteroatoms. The standard InChI is InChI=1S/C21H26N2O4/c1-14-4-7-17(27-14)12-13-22-21(25)18-10-11-19(24)23(2)20(18)15-5-8-16(26-3)9-6-15/h4-9,18,20H,10-13H2,1-3H3,(H,22,25)/t18-,20-/m1/s1. The van der Waals surface area contributed by atoms with E-state index in [-0.39, 0.29) is 23.8 Å². The number of nitrogens with one attached hydrogen (secondary N) is 1. The van der Waals surface area contributed by atoms with Gasteiger partial charge in [-0.25, -0.2) is 0 Å². The molecular formula is C21H26N2O4. The molecule has 0 radical (unpaired) electrons. The average Bonchev–Trinajstić information content (AvgIpc) is 3.09. The highest BCUT2D eigenvalue weighted by Crippen LogP contribution is 2.36. The minimum Gasteiger partial charge on any atom is -0.497 e. The molecule has 0 bridgehead atoms. The third-order valence-electron chi connectivity index (χ3n) is 5.12. The summed E-state index contributed by atoms with van der Waals surface area (Å²) < 4.78 is 10.7. The molecule has 0 aliphatic carbocycles. The van der Waals surface area contributed by atoms with Crippen LogP contribution in [0.25, 0.3) is 0 Å². The first-order valence-electron chi connectivity index (χ1n) is 9.22. The summed E-state index contributed by atoms with van der Waals surface area (Å²) in [4.78, 5) is 26.8. The van der Waals surface area contributed by atoms with Crippen LogP contribution in [0.4, 0.5) is 0 Å². The number of nitrogens with zero attached hydrogens (tertiary/aromatic N) is 1. The Kier molecular flexibility index (Phi) is 5.84. The maximum atomic E-state index is 12.8. The Morgan fingerprint density at radius 2 is 2.00 bits per heavy atom. The molecule has 2 aromatic rings. The Bertz CT molecular complexity index is 797. The molecule has 0 saturated carbocycles. The van der Waals surface area contributed by atoms with Gasteiger partial charge in [-0.2, -0.15) is 0 Å². The normalized spacial score (nSPS) is 19.8. The molecule has 1 aliphatic rings. The van der Waals surface area contributed by atoms with Crippen molar-refractivity contribution in [2.24, 2.45) is 5.92 Å². The number of furan rings is 1. The van der Waals surface area contributed by atoms with Crippen molar-refractivity contribution in [3.05, 3.63) is 53.5 Å². The van der Waals surface area contributed by atoms with Crippen molar-refractivity contribution in [3.63, 3.8) is 0 Å². The fourth-order valence-corrected chi connectivity index (χ4v) is 3.63. The predicted octanol–water partition coefficient (Wildman–Crippen LogP) is 2.87. The smallest absolute Gasteiger partial charge is 0.225 e. The van der Waals surface area contributed by atoms with Crippen molar-refractivity contribution in [3.8, 4) is 5.75 Å². The molecule has 3 rings (SSSR count). The van der Waals surface area contributed by atoms with E-state index < -0.39 is 0 Å². The van der Waals surface area contributed by atoms with E-state index in [1.807, 2.05) is 43.3 Å². The zero-order valence-electron chi connectivity index (χ0n) is 16.0. The van der Waals surface area contributed by atoms with E-state index in [9.17, 15) is 9.59 Å². The van der Waals surface area contributed by atoms with E-state index in [2.05, 4.69) is 5.32 Å². The van der Waals surface area contributed by atoms with Crippen molar-refractivity contribution < 1.29 is 18.7 Å². The molecule has 0 unspecified atom stereocenters. The molecule has 27 heavy (non-hydrogen) atoms. The second-order valence-corrected chi connectivity index (χ2v) is 6.92. The first-order chi connectivity index (χ1) is 13.0. The van der Waals surface area contributed by atoms with Crippen molar-refractivity contribution in [2.75, 3.05) is 20.7 Å². The molecule has 0 spiro atoms. The first kappa shape index (κ1) is 19.0. The molecule has 1 saturated heterocycles. The summed E-state index contributed by atoms with van der Waals surface area (Å²) in [5.41, 5.74) is 0.938. The highest BCUT2D eigenvalue weighted by atomic mass is 16.5. The second kappa shape index (κ2) is 8.29. The van der Waals surface area contributed by atoms with Crippen LogP contribution in [0.5, 0.6) is 5.75 Å². The third-order valence-corrected chi connectivity index (χ3v) is 5.12. The zero-order valence-corrected chi connectivity index (χ0v) is 16.0. The third kappa shape index (κ3) is 4.32. The Hall–Kier alpha value is -2.76. The molecule has 2 amide bonds. The zero-order chi connectivity index (χ0) is 19.4. The summed E-state index contributed by atoms with van der Waals surface area (Å²) in [6, 6.07) is 11.1. The number of carbonyl (C=O) groups is 2. The van der Waals surface area contributed by atoms with E-state index in [0.717, 1.165) is 22.8 Å². The second-order valence-electron chi connectivity index (χ2n) is 6.92. The number of hydrogen-bond donors (Lipinski definition) is 1. The summed E-state index contributed by atoms with van der Waals surface area (Å²) in [6.07, 6.45) is 1.58. The van der Waals surface area contributed by atoms with Crippen LogP contribution in [-0.4, -0.2) is 37.4 Å². The van der Waals surface area contributed by atoms with Gasteiger partial charge in [-0.05, 0) is 43.2 Å². The molecule has 144 valence electrons. The fourth-order valence-electron chi connectivity index (χ4n) is 3.63. The molecule has 2 heterocycles. The van der Waals surface area contributed by atoms with Crippen LogP contribution in [0.15, 0.2) is 40.8 Å². The number of likely N-dealkylation sites (tertiary alicyclic amines) is 1. The number of hydrogen-bond acceptors (Lipinski definition) is 4. The van der Waals surface area contributed by atoms with E-state index in [1.165, 1.54) is 0 Å². The number of amides is 2. The van der Waals surface area contributed by atoms with E-state index in [4.69, 9.17) is 9.15 Å². The number of ether oxygens (including phenoxy) is 1. The van der Waals surface area contributed by atoms with Crippen LogP contribution in [0.1, 0.15) is 36.0 Å². The molecule has 1 aliphatic heterocycles. The van der Waals surface area contributed by atoms with Crippen LogP contribution in [0.2, 0.25) is 0 Å². The lowest BCUT2D eigenvalue weighted by molar-refractivity contribution is -0.141. The molecule has 1 fully saturated rings. The van der Waals surface area contributed by atoms with Crippen LogP contribution < -0.4 is 10.1 Å². The van der Waals surface area contributed by atoms with Crippen molar-refractivity contribution in [1.82, 2.24) is 10.2 Å². The van der Waals surface area contributed by atoms with Crippen LogP contribution >= 0.6 is 0 Å². The molecule has 2 atom stereocenters. The van der Waals surface area contributed by atoms with Gasteiger partial charge < -0.3 is 19.4 Å². The van der Waals surface area contributed by atoms with E-state index in [1.54, 1.807) is 19.1 Å². The number of piperidine rings is 1. The van der Waals surface area contributed by atoms with E-state index in [0.29, 0.717) is 25.8 Å². The fraction of sp³-hybridized carbons (Fsp3) is 0.429. The van der Waals surface area contributed by atoms with Gasteiger partial charge in [-0.3, -0.25) is 9.59 Å². The van der Waals surface area contributed by atoms with Gasteiger partial charge in [0, 0.05) is 26.4 Å². The monoisotopic (exact) mass is 370 g/mol. The van der Waals surface area contributed by atoms with Gasteiger partial charge >= 0.3 is 0 Å². The maximum Gasteiger partial charge on any atom is 0.225 e. The SMILES string of the molecule is COc1ccc([C@@H]2[C@H](C(=O)NCCc3ccc(C)o3)CCC(=O)N2C)cc1. The average molecular weight is 370 g/mol.